The summed E-state index contributed by atoms with van der Waals surface area (Å²) in [5, 5.41) is 6.69. The smallest absolute Gasteiger partial charge is 0.191 e. The number of hydrogen-bond acceptors (Lipinski definition) is 5. The van der Waals surface area contributed by atoms with Gasteiger partial charge in [-0.15, -0.1) is 6.58 Å². The van der Waals surface area contributed by atoms with Crippen LogP contribution >= 0.6 is 0 Å². The molecule has 0 aromatic heterocycles. The van der Waals surface area contributed by atoms with Gasteiger partial charge in [-0.2, -0.15) is 0 Å². The van der Waals surface area contributed by atoms with Gasteiger partial charge in [0.2, 0.25) is 0 Å². The molecule has 0 fully saturated rings. The van der Waals surface area contributed by atoms with Gasteiger partial charge in [0.25, 0.3) is 0 Å². The first-order valence-corrected chi connectivity index (χ1v) is 9.56. The normalized spacial score (nSPS) is 11.4. The molecule has 7 heteroatoms. The fourth-order valence-corrected chi connectivity index (χ4v) is 2.88. The van der Waals surface area contributed by atoms with Crippen molar-refractivity contribution in [1.29, 1.82) is 0 Å². The molecular formula is C21H36N4O3. The minimum Gasteiger partial charge on any atom is -0.493 e. The van der Waals surface area contributed by atoms with E-state index in [0.717, 1.165) is 67.7 Å². The van der Waals surface area contributed by atoms with Crippen LogP contribution in [0.4, 0.5) is 0 Å². The van der Waals surface area contributed by atoms with Crippen LogP contribution in [0.2, 0.25) is 0 Å². The summed E-state index contributed by atoms with van der Waals surface area (Å²) in [5.74, 6) is 2.25. The van der Waals surface area contributed by atoms with Crippen molar-refractivity contribution in [1.82, 2.24) is 15.5 Å². The molecule has 7 nitrogen and oxygen atoms in total. The number of likely N-dealkylation sites (N-methyl/N-ethyl adjacent to an activating group) is 1. The number of guanidine groups is 1. The van der Waals surface area contributed by atoms with Crippen molar-refractivity contribution in [3.8, 4) is 11.5 Å². The molecule has 0 unspecified atom stereocenters. The van der Waals surface area contributed by atoms with Gasteiger partial charge in [0.05, 0.1) is 14.2 Å². The third-order valence-electron chi connectivity index (χ3n) is 4.34. The molecule has 0 atom stereocenters. The fraction of sp³-hybridized carbons (Fsp3) is 0.571. The molecule has 0 aliphatic rings. The Morgan fingerprint density at radius 1 is 1.18 bits per heavy atom. The average Bonchev–Trinajstić information content (AvgIpc) is 2.70. The van der Waals surface area contributed by atoms with Crippen molar-refractivity contribution in [3.63, 3.8) is 0 Å². The minimum absolute atomic E-state index is 0.633. The van der Waals surface area contributed by atoms with E-state index in [1.165, 1.54) is 0 Å². The molecule has 0 aliphatic heterocycles. The number of nitrogens with one attached hydrogen (secondary N) is 2. The molecule has 1 aromatic rings. The summed E-state index contributed by atoms with van der Waals surface area (Å²) in [7, 11) is 8.92. The zero-order valence-corrected chi connectivity index (χ0v) is 18.0. The second-order valence-electron chi connectivity index (χ2n) is 6.49. The predicted octanol–water partition coefficient (Wildman–Crippen LogP) is 2.07. The van der Waals surface area contributed by atoms with Gasteiger partial charge in [-0.1, -0.05) is 6.08 Å². The summed E-state index contributed by atoms with van der Waals surface area (Å²) in [5.41, 5.74) is 2.14. The van der Waals surface area contributed by atoms with Gasteiger partial charge in [-0.05, 0) is 37.6 Å². The third kappa shape index (κ3) is 8.19. The van der Waals surface area contributed by atoms with E-state index in [9.17, 15) is 0 Å². The van der Waals surface area contributed by atoms with Crippen LogP contribution in [0.15, 0.2) is 29.8 Å². The van der Waals surface area contributed by atoms with E-state index in [1.807, 2.05) is 12.1 Å². The van der Waals surface area contributed by atoms with Crippen LogP contribution in [0.3, 0.4) is 0 Å². The molecule has 1 aromatic carbocycles. The number of nitrogens with zero attached hydrogens (tertiary/aromatic N) is 2. The van der Waals surface area contributed by atoms with Gasteiger partial charge in [-0.25, -0.2) is 0 Å². The van der Waals surface area contributed by atoms with E-state index in [4.69, 9.17) is 14.2 Å². The molecule has 0 aliphatic carbocycles. The van der Waals surface area contributed by atoms with E-state index in [1.54, 1.807) is 28.4 Å². The van der Waals surface area contributed by atoms with E-state index < -0.39 is 0 Å². The highest BCUT2D eigenvalue weighted by molar-refractivity contribution is 5.79. The Morgan fingerprint density at radius 3 is 2.57 bits per heavy atom. The van der Waals surface area contributed by atoms with Crippen LogP contribution in [0.5, 0.6) is 11.5 Å². The first-order valence-electron chi connectivity index (χ1n) is 9.56. The summed E-state index contributed by atoms with van der Waals surface area (Å²) in [4.78, 5) is 6.57. The topological polar surface area (TPSA) is 67.4 Å². The number of benzene rings is 1. The first-order chi connectivity index (χ1) is 13.6. The van der Waals surface area contributed by atoms with Crippen LogP contribution < -0.4 is 20.1 Å². The van der Waals surface area contributed by atoms with E-state index in [-0.39, 0.29) is 0 Å². The number of ether oxygens (including phenoxy) is 3. The lowest BCUT2D eigenvalue weighted by Gasteiger charge is -2.18. The van der Waals surface area contributed by atoms with Crippen LogP contribution in [0, 0.1) is 0 Å². The molecule has 0 bridgehead atoms. The summed E-state index contributed by atoms with van der Waals surface area (Å²) in [6.45, 7) is 8.01. The highest BCUT2D eigenvalue weighted by atomic mass is 16.5. The third-order valence-corrected chi connectivity index (χ3v) is 4.34. The molecule has 158 valence electrons. The van der Waals surface area contributed by atoms with Crippen LogP contribution in [-0.4, -0.2) is 72.5 Å². The highest BCUT2D eigenvalue weighted by Gasteiger charge is 2.12. The second-order valence-corrected chi connectivity index (χ2v) is 6.49. The van der Waals surface area contributed by atoms with Crippen LogP contribution in [0.25, 0.3) is 0 Å². The fourth-order valence-electron chi connectivity index (χ4n) is 2.88. The maximum absolute atomic E-state index is 5.49. The largest absolute Gasteiger partial charge is 0.493 e. The molecule has 0 saturated heterocycles. The number of methoxy groups -OCH3 is 3. The summed E-state index contributed by atoms with van der Waals surface area (Å²) < 4.78 is 16.1. The Labute approximate surface area is 169 Å². The maximum Gasteiger partial charge on any atom is 0.191 e. The van der Waals surface area contributed by atoms with Gasteiger partial charge in [0, 0.05) is 52.5 Å². The van der Waals surface area contributed by atoms with Crippen LogP contribution in [-0.2, 0) is 17.7 Å². The van der Waals surface area contributed by atoms with Gasteiger partial charge in [0.15, 0.2) is 17.5 Å². The van der Waals surface area contributed by atoms with Crippen molar-refractivity contribution >= 4 is 5.96 Å². The molecule has 0 saturated carbocycles. The number of hydrogen-bond donors (Lipinski definition) is 2. The van der Waals surface area contributed by atoms with Crippen molar-refractivity contribution < 1.29 is 14.2 Å². The molecular weight excluding hydrogens is 356 g/mol. The molecule has 28 heavy (non-hydrogen) atoms. The minimum atomic E-state index is 0.633. The zero-order valence-electron chi connectivity index (χ0n) is 18.0. The van der Waals surface area contributed by atoms with Gasteiger partial charge < -0.3 is 29.7 Å². The van der Waals surface area contributed by atoms with E-state index in [2.05, 4.69) is 40.2 Å². The van der Waals surface area contributed by atoms with Gasteiger partial charge in [0.1, 0.15) is 0 Å². The van der Waals surface area contributed by atoms with Gasteiger partial charge >= 0.3 is 0 Å². The lowest BCUT2D eigenvalue weighted by Crippen LogP contribution is -2.40. The predicted molar refractivity (Wildman–Crippen MR) is 116 cm³/mol. The average molecular weight is 393 g/mol. The Hall–Kier alpha value is -2.25. The summed E-state index contributed by atoms with van der Waals surface area (Å²) in [6.07, 6.45) is 3.61. The Morgan fingerprint density at radius 2 is 1.96 bits per heavy atom. The molecule has 2 N–H and O–H groups in total. The van der Waals surface area contributed by atoms with Gasteiger partial charge in [-0.3, -0.25) is 4.99 Å². The zero-order chi connectivity index (χ0) is 20.8. The quantitative estimate of drug-likeness (QED) is 0.232. The number of rotatable bonds is 13. The maximum atomic E-state index is 5.49. The van der Waals surface area contributed by atoms with Crippen molar-refractivity contribution in [2.45, 2.75) is 19.4 Å². The highest BCUT2D eigenvalue weighted by Crippen LogP contribution is 2.33. The van der Waals surface area contributed by atoms with Crippen molar-refractivity contribution in [2.75, 3.05) is 61.7 Å². The molecule has 0 amide bonds. The first kappa shape index (κ1) is 23.8. The molecule has 0 radical (unpaired) electrons. The monoisotopic (exact) mass is 392 g/mol. The SMILES string of the molecule is C=CCc1cc(CNC(=NC)NCCN(C)CCCOC)cc(OC)c1OC. The molecule has 1 rings (SSSR count). The summed E-state index contributed by atoms with van der Waals surface area (Å²) >= 11 is 0. The van der Waals surface area contributed by atoms with Crippen LogP contribution in [0.1, 0.15) is 17.5 Å². The Kier molecular flexibility index (Phi) is 11.8. The summed E-state index contributed by atoms with van der Waals surface area (Å²) in [6, 6.07) is 4.09. The standard InChI is InChI=1S/C21H36N4O3/c1-7-9-18-14-17(15-19(27-5)20(18)28-6)16-24-21(22-2)23-10-12-25(3)11-8-13-26-4/h7,14-15H,1,8-13,16H2,2-6H3,(H2,22,23,24). The Bertz CT molecular complexity index is 620. The number of aliphatic imine (C=N–C) groups is 1. The lowest BCUT2D eigenvalue weighted by atomic mass is 10.1. The van der Waals surface area contributed by atoms with Crippen molar-refractivity contribution in [3.05, 3.63) is 35.9 Å². The molecule has 0 heterocycles. The van der Waals surface area contributed by atoms with E-state index in [0.29, 0.717) is 6.54 Å². The van der Waals surface area contributed by atoms with Crippen molar-refractivity contribution in [2.24, 2.45) is 4.99 Å². The lowest BCUT2D eigenvalue weighted by molar-refractivity contribution is 0.180. The van der Waals surface area contributed by atoms with E-state index >= 15 is 0 Å². The second kappa shape index (κ2) is 13.8. The Balaban J connectivity index is 2.58. The number of allylic oxidation sites excluding steroid dienone is 1. The molecule has 0 spiro atoms.